The molecule has 1 heterocycles. The lowest BCUT2D eigenvalue weighted by Crippen LogP contribution is -2.40. The molecule has 20 heavy (non-hydrogen) atoms. The van der Waals surface area contributed by atoms with Crippen LogP contribution in [0.2, 0.25) is 0 Å². The van der Waals surface area contributed by atoms with Crippen LogP contribution in [-0.2, 0) is 0 Å². The standard InChI is InChI=1S/C16H20N2OS/c1-12-9-10-20-15(12)16(19)17-11-13(2)18(3)14-7-5-4-6-8-14/h4-10,13H,11H2,1-3H3,(H,17,19)/t13-/m0/s1. The van der Waals surface area contributed by atoms with Gasteiger partial charge >= 0.3 is 0 Å². The van der Waals surface area contributed by atoms with Gasteiger partial charge in [-0.25, -0.2) is 0 Å². The van der Waals surface area contributed by atoms with Gasteiger partial charge in [0.1, 0.15) is 0 Å². The summed E-state index contributed by atoms with van der Waals surface area (Å²) in [7, 11) is 2.04. The molecule has 3 nitrogen and oxygen atoms in total. The zero-order valence-corrected chi connectivity index (χ0v) is 12.9. The molecule has 1 atom stereocenters. The Morgan fingerprint density at radius 1 is 1.30 bits per heavy atom. The number of carbonyl (C=O) groups is 1. The molecule has 1 aromatic heterocycles. The highest BCUT2D eigenvalue weighted by Crippen LogP contribution is 2.16. The summed E-state index contributed by atoms with van der Waals surface area (Å²) < 4.78 is 0. The third-order valence-corrected chi connectivity index (χ3v) is 4.47. The maximum atomic E-state index is 12.1. The minimum atomic E-state index is 0.0193. The molecule has 0 unspecified atom stereocenters. The van der Waals surface area contributed by atoms with Crippen molar-refractivity contribution in [2.24, 2.45) is 0 Å². The second kappa shape index (κ2) is 6.57. The van der Waals surface area contributed by atoms with E-state index in [4.69, 9.17) is 0 Å². The molecule has 2 rings (SSSR count). The number of hydrogen-bond acceptors (Lipinski definition) is 3. The fraction of sp³-hybridized carbons (Fsp3) is 0.312. The Morgan fingerprint density at radius 3 is 2.60 bits per heavy atom. The molecule has 0 bridgehead atoms. The van der Waals surface area contributed by atoms with E-state index in [1.807, 2.05) is 43.6 Å². The van der Waals surface area contributed by atoms with Crippen molar-refractivity contribution in [3.8, 4) is 0 Å². The maximum Gasteiger partial charge on any atom is 0.261 e. The first-order valence-corrected chi connectivity index (χ1v) is 7.57. The van der Waals surface area contributed by atoms with E-state index in [2.05, 4.69) is 29.3 Å². The highest BCUT2D eigenvalue weighted by atomic mass is 32.1. The molecule has 0 fully saturated rings. The van der Waals surface area contributed by atoms with Gasteiger partial charge in [-0.3, -0.25) is 4.79 Å². The van der Waals surface area contributed by atoms with Crippen LogP contribution in [0.1, 0.15) is 22.2 Å². The Morgan fingerprint density at radius 2 is 2.00 bits per heavy atom. The van der Waals surface area contributed by atoms with Gasteiger partial charge in [0, 0.05) is 25.3 Å². The van der Waals surface area contributed by atoms with Crippen LogP contribution in [0.25, 0.3) is 0 Å². The van der Waals surface area contributed by atoms with Gasteiger partial charge in [-0.15, -0.1) is 11.3 Å². The van der Waals surface area contributed by atoms with E-state index in [0.717, 1.165) is 16.1 Å². The number of thiophene rings is 1. The average Bonchev–Trinajstić information content (AvgIpc) is 2.90. The monoisotopic (exact) mass is 288 g/mol. The van der Waals surface area contributed by atoms with E-state index in [1.54, 1.807) is 0 Å². The zero-order chi connectivity index (χ0) is 14.5. The summed E-state index contributed by atoms with van der Waals surface area (Å²) in [6, 6.07) is 12.4. The molecule has 2 aromatic rings. The molecule has 0 spiro atoms. The summed E-state index contributed by atoms with van der Waals surface area (Å²) in [4.78, 5) is 15.0. The number of para-hydroxylation sites is 1. The highest BCUT2D eigenvalue weighted by Gasteiger charge is 2.14. The molecule has 1 amide bonds. The number of rotatable bonds is 5. The van der Waals surface area contributed by atoms with Gasteiger partial charge < -0.3 is 10.2 Å². The molecule has 1 aromatic carbocycles. The number of carbonyl (C=O) groups excluding carboxylic acids is 1. The normalized spacial score (nSPS) is 11.9. The number of amides is 1. The summed E-state index contributed by atoms with van der Waals surface area (Å²) in [6.45, 7) is 4.70. The summed E-state index contributed by atoms with van der Waals surface area (Å²) in [6.07, 6.45) is 0. The van der Waals surface area contributed by atoms with Crippen molar-refractivity contribution in [3.63, 3.8) is 0 Å². The Labute approximate surface area is 124 Å². The predicted octanol–water partition coefficient (Wildman–Crippen LogP) is 3.31. The average molecular weight is 288 g/mol. The number of hydrogen-bond donors (Lipinski definition) is 1. The number of benzene rings is 1. The smallest absolute Gasteiger partial charge is 0.261 e. The van der Waals surface area contributed by atoms with E-state index >= 15 is 0 Å². The van der Waals surface area contributed by atoms with Crippen molar-refractivity contribution in [1.82, 2.24) is 5.32 Å². The van der Waals surface area contributed by atoms with Crippen LogP contribution in [0, 0.1) is 6.92 Å². The van der Waals surface area contributed by atoms with Crippen LogP contribution < -0.4 is 10.2 Å². The Kier molecular flexibility index (Phi) is 4.79. The first kappa shape index (κ1) is 14.6. The molecule has 4 heteroatoms. The molecule has 0 aliphatic rings. The lowest BCUT2D eigenvalue weighted by Gasteiger charge is -2.27. The van der Waals surface area contributed by atoms with Crippen molar-refractivity contribution < 1.29 is 4.79 Å². The molecule has 0 saturated heterocycles. The Hall–Kier alpha value is -1.81. The van der Waals surface area contributed by atoms with Crippen LogP contribution in [0.15, 0.2) is 41.8 Å². The predicted molar refractivity (Wildman–Crippen MR) is 85.7 cm³/mol. The van der Waals surface area contributed by atoms with Crippen LogP contribution >= 0.6 is 11.3 Å². The molecule has 0 radical (unpaired) electrons. The first-order valence-electron chi connectivity index (χ1n) is 6.69. The fourth-order valence-corrected chi connectivity index (χ4v) is 2.82. The first-order chi connectivity index (χ1) is 9.59. The minimum Gasteiger partial charge on any atom is -0.370 e. The van der Waals surface area contributed by atoms with Crippen LogP contribution in [0.3, 0.4) is 0 Å². The number of aryl methyl sites for hydroxylation is 1. The number of nitrogens with one attached hydrogen (secondary N) is 1. The SMILES string of the molecule is Cc1ccsc1C(=O)NC[C@H](C)N(C)c1ccccc1. The molecule has 0 aliphatic heterocycles. The molecule has 0 saturated carbocycles. The Bertz CT molecular complexity index is 565. The van der Waals surface area contributed by atoms with Crippen molar-refractivity contribution >= 4 is 22.9 Å². The minimum absolute atomic E-state index is 0.0193. The van der Waals surface area contributed by atoms with Crippen molar-refractivity contribution in [3.05, 3.63) is 52.2 Å². The quantitative estimate of drug-likeness (QED) is 0.915. The van der Waals surface area contributed by atoms with Gasteiger partial charge in [-0.2, -0.15) is 0 Å². The van der Waals surface area contributed by atoms with Crippen LogP contribution in [0.5, 0.6) is 0 Å². The van der Waals surface area contributed by atoms with Gasteiger partial charge in [0.15, 0.2) is 0 Å². The summed E-state index contributed by atoms with van der Waals surface area (Å²) in [5.74, 6) is 0.0193. The van der Waals surface area contributed by atoms with E-state index in [-0.39, 0.29) is 11.9 Å². The lowest BCUT2D eigenvalue weighted by molar-refractivity contribution is 0.0955. The largest absolute Gasteiger partial charge is 0.370 e. The molecule has 106 valence electrons. The van der Waals surface area contributed by atoms with E-state index in [9.17, 15) is 4.79 Å². The maximum absolute atomic E-state index is 12.1. The molecule has 1 N–H and O–H groups in total. The summed E-state index contributed by atoms with van der Waals surface area (Å²) in [5, 5.41) is 4.95. The molecular formula is C16H20N2OS. The molecule has 0 aliphatic carbocycles. The van der Waals surface area contributed by atoms with Gasteiger partial charge in [0.05, 0.1) is 4.88 Å². The second-order valence-corrected chi connectivity index (χ2v) is 5.85. The second-order valence-electron chi connectivity index (χ2n) is 4.94. The van der Waals surface area contributed by atoms with Gasteiger partial charge in [-0.1, -0.05) is 18.2 Å². The highest BCUT2D eigenvalue weighted by molar-refractivity contribution is 7.12. The van der Waals surface area contributed by atoms with Gasteiger partial charge in [-0.05, 0) is 43.0 Å². The van der Waals surface area contributed by atoms with Crippen molar-refractivity contribution in [2.75, 3.05) is 18.5 Å². The van der Waals surface area contributed by atoms with Gasteiger partial charge in [0.2, 0.25) is 0 Å². The van der Waals surface area contributed by atoms with Crippen molar-refractivity contribution in [2.45, 2.75) is 19.9 Å². The Balaban J connectivity index is 1.91. The molecular weight excluding hydrogens is 268 g/mol. The van der Waals surface area contributed by atoms with Crippen LogP contribution in [-0.4, -0.2) is 25.5 Å². The van der Waals surface area contributed by atoms with Crippen molar-refractivity contribution in [1.29, 1.82) is 0 Å². The number of nitrogens with zero attached hydrogens (tertiary/aromatic N) is 1. The van der Waals surface area contributed by atoms with E-state index in [0.29, 0.717) is 6.54 Å². The summed E-state index contributed by atoms with van der Waals surface area (Å²) >= 11 is 1.49. The fourth-order valence-electron chi connectivity index (χ4n) is 1.98. The summed E-state index contributed by atoms with van der Waals surface area (Å²) in [5.41, 5.74) is 2.19. The third-order valence-electron chi connectivity index (χ3n) is 3.45. The lowest BCUT2D eigenvalue weighted by atomic mass is 10.2. The van der Waals surface area contributed by atoms with E-state index < -0.39 is 0 Å². The van der Waals surface area contributed by atoms with Gasteiger partial charge in [0.25, 0.3) is 5.91 Å². The number of likely N-dealkylation sites (N-methyl/N-ethyl adjacent to an activating group) is 1. The third kappa shape index (κ3) is 3.39. The van der Waals surface area contributed by atoms with Crippen LogP contribution in [0.4, 0.5) is 5.69 Å². The van der Waals surface area contributed by atoms with E-state index in [1.165, 1.54) is 11.3 Å². The zero-order valence-electron chi connectivity index (χ0n) is 12.1. The topological polar surface area (TPSA) is 32.3 Å². The number of anilines is 1.